The SMILES string of the molecule is C=CC(=O)NCCN(CC)C(=O)C=C. The van der Waals surface area contributed by atoms with Gasteiger partial charge >= 0.3 is 0 Å². The van der Waals surface area contributed by atoms with Crippen molar-refractivity contribution >= 4 is 11.8 Å². The molecule has 0 atom stereocenters. The number of nitrogens with zero attached hydrogens (tertiary/aromatic N) is 1. The zero-order chi connectivity index (χ0) is 11.0. The van der Waals surface area contributed by atoms with Gasteiger partial charge in [-0.05, 0) is 19.1 Å². The van der Waals surface area contributed by atoms with Crippen LogP contribution in [0.25, 0.3) is 0 Å². The van der Waals surface area contributed by atoms with Crippen LogP contribution in [-0.2, 0) is 9.59 Å². The van der Waals surface area contributed by atoms with Gasteiger partial charge in [-0.2, -0.15) is 0 Å². The number of rotatable bonds is 6. The Kier molecular flexibility index (Phi) is 6.11. The molecule has 2 amide bonds. The lowest BCUT2D eigenvalue weighted by Crippen LogP contribution is -2.37. The maximum atomic E-state index is 11.2. The third-order valence-electron chi connectivity index (χ3n) is 1.73. The molecule has 0 aromatic heterocycles. The van der Waals surface area contributed by atoms with Gasteiger partial charge in [-0.1, -0.05) is 13.2 Å². The van der Waals surface area contributed by atoms with Crippen molar-refractivity contribution in [1.82, 2.24) is 10.2 Å². The standard InChI is InChI=1S/C10H16N2O2/c1-4-9(13)11-7-8-12(6-3)10(14)5-2/h4-5H,1-2,6-8H2,3H3,(H,11,13). The summed E-state index contributed by atoms with van der Waals surface area (Å²) in [4.78, 5) is 23.5. The van der Waals surface area contributed by atoms with Gasteiger partial charge in [0.25, 0.3) is 0 Å². The van der Waals surface area contributed by atoms with E-state index in [2.05, 4.69) is 18.5 Å². The van der Waals surface area contributed by atoms with Gasteiger partial charge in [0.1, 0.15) is 0 Å². The molecule has 0 aromatic carbocycles. The van der Waals surface area contributed by atoms with Gasteiger partial charge in [-0.3, -0.25) is 9.59 Å². The van der Waals surface area contributed by atoms with Gasteiger partial charge in [0, 0.05) is 19.6 Å². The van der Waals surface area contributed by atoms with E-state index in [1.807, 2.05) is 6.92 Å². The Balaban J connectivity index is 3.84. The highest BCUT2D eigenvalue weighted by Crippen LogP contribution is 1.88. The van der Waals surface area contributed by atoms with E-state index in [1.54, 1.807) is 4.90 Å². The molecule has 0 heterocycles. The summed E-state index contributed by atoms with van der Waals surface area (Å²) in [5.74, 6) is -0.354. The topological polar surface area (TPSA) is 49.4 Å². The number of hydrogen-bond donors (Lipinski definition) is 1. The maximum absolute atomic E-state index is 11.2. The second kappa shape index (κ2) is 6.88. The smallest absolute Gasteiger partial charge is 0.246 e. The van der Waals surface area contributed by atoms with Crippen molar-refractivity contribution in [3.05, 3.63) is 25.3 Å². The first-order valence-electron chi connectivity index (χ1n) is 4.47. The van der Waals surface area contributed by atoms with Crippen LogP contribution in [0.3, 0.4) is 0 Å². The summed E-state index contributed by atoms with van der Waals surface area (Å²) in [5.41, 5.74) is 0. The van der Waals surface area contributed by atoms with Crippen LogP contribution in [0.1, 0.15) is 6.92 Å². The average Bonchev–Trinajstić information content (AvgIpc) is 2.22. The molecular formula is C10H16N2O2. The third-order valence-corrected chi connectivity index (χ3v) is 1.73. The van der Waals surface area contributed by atoms with E-state index in [9.17, 15) is 9.59 Å². The summed E-state index contributed by atoms with van der Waals surface area (Å²) in [6.45, 7) is 10.1. The summed E-state index contributed by atoms with van der Waals surface area (Å²) in [7, 11) is 0. The van der Waals surface area contributed by atoms with E-state index in [0.29, 0.717) is 19.6 Å². The van der Waals surface area contributed by atoms with Gasteiger partial charge in [0.05, 0.1) is 0 Å². The molecule has 0 aliphatic carbocycles. The fourth-order valence-electron chi connectivity index (χ4n) is 0.939. The largest absolute Gasteiger partial charge is 0.351 e. The second-order valence-corrected chi connectivity index (χ2v) is 2.62. The van der Waals surface area contributed by atoms with Crippen LogP contribution in [0.4, 0.5) is 0 Å². The minimum atomic E-state index is -0.230. The number of likely N-dealkylation sites (N-methyl/N-ethyl adjacent to an activating group) is 1. The highest BCUT2D eigenvalue weighted by atomic mass is 16.2. The number of nitrogens with one attached hydrogen (secondary N) is 1. The average molecular weight is 196 g/mol. The first-order chi connectivity index (χ1) is 6.65. The van der Waals surface area contributed by atoms with Crippen molar-refractivity contribution < 1.29 is 9.59 Å². The monoisotopic (exact) mass is 196 g/mol. The van der Waals surface area contributed by atoms with E-state index in [1.165, 1.54) is 12.2 Å². The third kappa shape index (κ3) is 4.45. The fourth-order valence-corrected chi connectivity index (χ4v) is 0.939. The van der Waals surface area contributed by atoms with Crippen molar-refractivity contribution in [3.63, 3.8) is 0 Å². The zero-order valence-corrected chi connectivity index (χ0v) is 8.45. The quantitative estimate of drug-likeness (QED) is 0.622. The molecule has 4 nitrogen and oxygen atoms in total. The van der Waals surface area contributed by atoms with Crippen LogP contribution < -0.4 is 5.32 Å². The molecule has 0 aromatic rings. The lowest BCUT2D eigenvalue weighted by Gasteiger charge is -2.18. The Labute approximate surface area is 84.3 Å². The number of hydrogen-bond acceptors (Lipinski definition) is 2. The molecule has 0 aliphatic heterocycles. The molecule has 0 radical (unpaired) electrons. The Morgan fingerprint density at radius 1 is 1.36 bits per heavy atom. The summed E-state index contributed by atoms with van der Waals surface area (Å²) >= 11 is 0. The maximum Gasteiger partial charge on any atom is 0.246 e. The molecule has 4 heteroatoms. The van der Waals surface area contributed by atoms with Gasteiger partial charge in [0.2, 0.25) is 11.8 Å². The molecule has 0 rings (SSSR count). The van der Waals surface area contributed by atoms with Crippen molar-refractivity contribution in [1.29, 1.82) is 0 Å². The Hall–Kier alpha value is -1.58. The van der Waals surface area contributed by atoms with Crippen LogP contribution in [-0.4, -0.2) is 36.3 Å². The van der Waals surface area contributed by atoms with Crippen molar-refractivity contribution in [2.75, 3.05) is 19.6 Å². The molecule has 0 bridgehead atoms. The predicted octanol–water partition coefficient (Wildman–Crippen LogP) is 0.323. The van der Waals surface area contributed by atoms with Gasteiger partial charge in [0.15, 0.2) is 0 Å². The first kappa shape index (κ1) is 12.4. The molecule has 14 heavy (non-hydrogen) atoms. The number of amides is 2. The molecule has 0 fully saturated rings. The van der Waals surface area contributed by atoms with Crippen molar-refractivity contribution in [2.24, 2.45) is 0 Å². The number of carbonyl (C=O) groups excluding carboxylic acids is 2. The van der Waals surface area contributed by atoms with Crippen molar-refractivity contribution in [3.8, 4) is 0 Å². The molecule has 0 saturated heterocycles. The molecular weight excluding hydrogens is 180 g/mol. The van der Waals surface area contributed by atoms with Crippen LogP contribution in [0.5, 0.6) is 0 Å². The fraction of sp³-hybridized carbons (Fsp3) is 0.400. The van der Waals surface area contributed by atoms with Crippen molar-refractivity contribution in [2.45, 2.75) is 6.92 Å². The van der Waals surface area contributed by atoms with E-state index in [4.69, 9.17) is 0 Å². The highest BCUT2D eigenvalue weighted by Gasteiger charge is 2.06. The minimum Gasteiger partial charge on any atom is -0.351 e. The van der Waals surface area contributed by atoms with Gasteiger partial charge in [-0.25, -0.2) is 0 Å². The van der Waals surface area contributed by atoms with Crippen LogP contribution in [0.15, 0.2) is 25.3 Å². The molecule has 1 N–H and O–H groups in total. The summed E-state index contributed by atoms with van der Waals surface area (Å²) in [5, 5.41) is 2.59. The first-order valence-corrected chi connectivity index (χ1v) is 4.47. The summed E-state index contributed by atoms with van der Waals surface area (Å²) < 4.78 is 0. The minimum absolute atomic E-state index is 0.125. The zero-order valence-electron chi connectivity index (χ0n) is 8.45. The Bertz CT molecular complexity index is 236. The Morgan fingerprint density at radius 2 is 2.00 bits per heavy atom. The molecule has 0 aliphatic rings. The lowest BCUT2D eigenvalue weighted by atomic mass is 10.4. The van der Waals surface area contributed by atoms with Crippen LogP contribution in [0.2, 0.25) is 0 Å². The Morgan fingerprint density at radius 3 is 2.43 bits per heavy atom. The van der Waals surface area contributed by atoms with E-state index >= 15 is 0 Å². The van der Waals surface area contributed by atoms with Gasteiger partial charge in [-0.15, -0.1) is 0 Å². The summed E-state index contributed by atoms with van der Waals surface area (Å²) in [6, 6.07) is 0. The predicted molar refractivity (Wildman–Crippen MR) is 55.7 cm³/mol. The van der Waals surface area contributed by atoms with Gasteiger partial charge < -0.3 is 10.2 Å². The normalized spacial score (nSPS) is 8.93. The number of carbonyl (C=O) groups is 2. The van der Waals surface area contributed by atoms with Crippen LogP contribution >= 0.6 is 0 Å². The van der Waals surface area contributed by atoms with Crippen LogP contribution in [0, 0.1) is 0 Å². The van der Waals surface area contributed by atoms with E-state index in [0.717, 1.165) is 0 Å². The summed E-state index contributed by atoms with van der Waals surface area (Å²) in [6.07, 6.45) is 2.46. The van der Waals surface area contributed by atoms with E-state index in [-0.39, 0.29) is 11.8 Å². The van der Waals surface area contributed by atoms with E-state index < -0.39 is 0 Å². The molecule has 0 unspecified atom stereocenters. The molecule has 0 saturated carbocycles. The molecule has 0 spiro atoms. The lowest BCUT2D eigenvalue weighted by molar-refractivity contribution is -0.126. The second-order valence-electron chi connectivity index (χ2n) is 2.62. The highest BCUT2D eigenvalue weighted by molar-refractivity contribution is 5.87. The molecule has 78 valence electrons.